The maximum absolute atomic E-state index is 10.9. The van der Waals surface area contributed by atoms with Crippen LogP contribution < -0.4 is 0 Å². The smallest absolute Gasteiger partial charge is 0.275 e. The summed E-state index contributed by atoms with van der Waals surface area (Å²) < 4.78 is 10.8. The van der Waals surface area contributed by atoms with E-state index in [9.17, 15) is 15.2 Å². The van der Waals surface area contributed by atoms with Crippen LogP contribution in [0.3, 0.4) is 0 Å². The molecular formula is C11H13NO5. The lowest BCUT2D eigenvalue weighted by molar-refractivity contribution is -0.386. The quantitative estimate of drug-likeness (QED) is 0.636. The van der Waals surface area contributed by atoms with Gasteiger partial charge in [0.05, 0.1) is 17.1 Å². The number of benzene rings is 1. The lowest BCUT2D eigenvalue weighted by atomic mass is 10.0. The van der Waals surface area contributed by atoms with E-state index < -0.39 is 23.4 Å². The molecule has 0 radical (unpaired) electrons. The zero-order valence-corrected chi connectivity index (χ0v) is 9.28. The Morgan fingerprint density at radius 3 is 2.76 bits per heavy atom. The largest absolute Gasteiger partial charge is 0.394 e. The number of para-hydroxylation sites is 1. The van der Waals surface area contributed by atoms with E-state index >= 15 is 0 Å². The Hall–Kier alpha value is -1.50. The van der Waals surface area contributed by atoms with Crippen LogP contribution in [0.25, 0.3) is 0 Å². The molecular weight excluding hydrogens is 226 g/mol. The van der Waals surface area contributed by atoms with Crippen LogP contribution in [0.15, 0.2) is 24.3 Å². The van der Waals surface area contributed by atoms with Gasteiger partial charge in [0.1, 0.15) is 12.2 Å². The van der Waals surface area contributed by atoms with Crippen LogP contribution in [0.4, 0.5) is 5.69 Å². The third-order valence-corrected chi connectivity index (χ3v) is 2.66. The van der Waals surface area contributed by atoms with Gasteiger partial charge in [0.15, 0.2) is 6.29 Å². The van der Waals surface area contributed by atoms with Crippen molar-refractivity contribution in [2.75, 3.05) is 6.61 Å². The molecule has 1 aromatic rings. The maximum Gasteiger partial charge on any atom is 0.275 e. The van der Waals surface area contributed by atoms with E-state index in [0.29, 0.717) is 5.56 Å². The monoisotopic (exact) mass is 239 g/mol. The number of hydrogen-bond acceptors (Lipinski definition) is 5. The summed E-state index contributed by atoms with van der Waals surface area (Å²) in [5.74, 6) is 0. The number of aliphatic hydroxyl groups excluding tert-OH is 1. The van der Waals surface area contributed by atoms with Gasteiger partial charge in [-0.15, -0.1) is 0 Å². The van der Waals surface area contributed by atoms with E-state index in [1.807, 2.05) is 0 Å². The Morgan fingerprint density at radius 1 is 1.41 bits per heavy atom. The van der Waals surface area contributed by atoms with Crippen molar-refractivity contribution in [2.24, 2.45) is 0 Å². The molecule has 1 N–H and O–H groups in total. The Morgan fingerprint density at radius 2 is 2.12 bits per heavy atom. The van der Waals surface area contributed by atoms with Crippen molar-refractivity contribution in [3.05, 3.63) is 39.9 Å². The molecule has 2 rings (SSSR count). The first-order chi connectivity index (χ1) is 8.13. The highest BCUT2D eigenvalue weighted by Gasteiger charge is 2.37. The first-order valence-corrected chi connectivity index (χ1v) is 5.28. The predicted octanol–water partition coefficient (Wildman–Crippen LogP) is 1.39. The number of nitro groups is 1. The normalized spacial score (nSPS) is 28.2. The van der Waals surface area contributed by atoms with Gasteiger partial charge in [-0.2, -0.15) is 0 Å². The van der Waals surface area contributed by atoms with E-state index in [-0.39, 0.29) is 12.3 Å². The highest BCUT2D eigenvalue weighted by atomic mass is 16.7. The van der Waals surface area contributed by atoms with Crippen molar-refractivity contribution >= 4 is 5.69 Å². The van der Waals surface area contributed by atoms with Crippen LogP contribution in [0.2, 0.25) is 0 Å². The van der Waals surface area contributed by atoms with E-state index in [2.05, 4.69) is 0 Å². The van der Waals surface area contributed by atoms with Crippen LogP contribution >= 0.6 is 0 Å². The van der Waals surface area contributed by atoms with Gasteiger partial charge in [0.2, 0.25) is 0 Å². The molecule has 1 saturated heterocycles. The van der Waals surface area contributed by atoms with Crippen molar-refractivity contribution in [2.45, 2.75) is 25.4 Å². The lowest BCUT2D eigenvalue weighted by Crippen LogP contribution is -2.20. The van der Waals surface area contributed by atoms with E-state index in [1.54, 1.807) is 25.1 Å². The standard InChI is InChI=1S/C11H13NO5/c1-7-16-10(6-13)11(17-7)8-4-2-3-5-9(8)12(14)15/h2-5,7,10-11,13H,6H2,1H3. The molecule has 3 unspecified atom stereocenters. The Bertz CT molecular complexity index is 422. The summed E-state index contributed by atoms with van der Waals surface area (Å²) in [7, 11) is 0. The second-order valence-electron chi connectivity index (χ2n) is 3.80. The summed E-state index contributed by atoms with van der Waals surface area (Å²) in [5.41, 5.74) is 0.412. The van der Waals surface area contributed by atoms with Crippen molar-refractivity contribution in [3.63, 3.8) is 0 Å². The predicted molar refractivity (Wildman–Crippen MR) is 58.3 cm³/mol. The molecule has 0 saturated carbocycles. The molecule has 1 heterocycles. The average molecular weight is 239 g/mol. The third kappa shape index (κ3) is 2.28. The number of nitrogens with zero attached hydrogens (tertiary/aromatic N) is 1. The molecule has 1 fully saturated rings. The molecule has 0 amide bonds. The van der Waals surface area contributed by atoms with Crippen molar-refractivity contribution in [3.8, 4) is 0 Å². The van der Waals surface area contributed by atoms with Crippen LogP contribution in [-0.2, 0) is 9.47 Å². The summed E-state index contributed by atoms with van der Waals surface area (Å²) in [6.45, 7) is 1.46. The zero-order valence-electron chi connectivity index (χ0n) is 9.28. The van der Waals surface area contributed by atoms with E-state index in [1.165, 1.54) is 6.07 Å². The summed E-state index contributed by atoms with van der Waals surface area (Å²) >= 11 is 0. The fourth-order valence-corrected chi connectivity index (χ4v) is 1.95. The molecule has 1 aromatic carbocycles. The first kappa shape index (κ1) is 12.0. The third-order valence-electron chi connectivity index (χ3n) is 2.66. The molecule has 1 aliphatic heterocycles. The molecule has 0 aliphatic carbocycles. The number of nitro benzene ring substituents is 1. The minimum absolute atomic E-state index is 0.0198. The minimum atomic E-state index is -0.600. The number of rotatable bonds is 3. The van der Waals surface area contributed by atoms with Gasteiger partial charge in [-0.1, -0.05) is 12.1 Å². The Labute approximate surface area is 97.9 Å². The molecule has 0 bridgehead atoms. The SMILES string of the molecule is CC1OC(CO)C(c2ccccc2[N+](=O)[O-])O1. The number of aliphatic hydroxyl groups is 1. The van der Waals surface area contributed by atoms with Crippen molar-refractivity contribution < 1.29 is 19.5 Å². The van der Waals surface area contributed by atoms with Crippen LogP contribution in [0.5, 0.6) is 0 Å². The lowest BCUT2D eigenvalue weighted by Gasteiger charge is -2.14. The van der Waals surface area contributed by atoms with Gasteiger partial charge in [-0.3, -0.25) is 10.1 Å². The Balaban J connectivity index is 2.36. The summed E-state index contributed by atoms with van der Waals surface area (Å²) in [6, 6.07) is 6.32. The van der Waals surface area contributed by atoms with E-state index in [4.69, 9.17) is 9.47 Å². The summed E-state index contributed by atoms with van der Waals surface area (Å²) in [6.07, 6.45) is -1.64. The average Bonchev–Trinajstić information content (AvgIpc) is 2.70. The highest BCUT2D eigenvalue weighted by Crippen LogP contribution is 2.36. The summed E-state index contributed by atoms with van der Waals surface area (Å²) in [4.78, 5) is 10.4. The molecule has 6 heteroatoms. The van der Waals surface area contributed by atoms with Crippen LogP contribution in [0.1, 0.15) is 18.6 Å². The van der Waals surface area contributed by atoms with Gasteiger partial charge in [0, 0.05) is 6.07 Å². The van der Waals surface area contributed by atoms with Crippen LogP contribution in [0, 0.1) is 10.1 Å². The second-order valence-corrected chi connectivity index (χ2v) is 3.80. The van der Waals surface area contributed by atoms with Crippen molar-refractivity contribution in [1.82, 2.24) is 0 Å². The molecule has 0 aromatic heterocycles. The number of ether oxygens (including phenoxy) is 2. The fourth-order valence-electron chi connectivity index (χ4n) is 1.95. The van der Waals surface area contributed by atoms with Gasteiger partial charge in [-0.05, 0) is 13.0 Å². The van der Waals surface area contributed by atoms with Gasteiger partial charge in [-0.25, -0.2) is 0 Å². The molecule has 92 valence electrons. The van der Waals surface area contributed by atoms with Gasteiger partial charge >= 0.3 is 0 Å². The molecule has 17 heavy (non-hydrogen) atoms. The highest BCUT2D eigenvalue weighted by molar-refractivity contribution is 5.42. The zero-order chi connectivity index (χ0) is 12.4. The first-order valence-electron chi connectivity index (χ1n) is 5.28. The summed E-state index contributed by atoms with van der Waals surface area (Å²) in [5, 5.41) is 20.1. The maximum atomic E-state index is 10.9. The van der Waals surface area contributed by atoms with Gasteiger partial charge < -0.3 is 14.6 Å². The second kappa shape index (κ2) is 4.79. The molecule has 0 spiro atoms. The molecule has 6 nitrogen and oxygen atoms in total. The van der Waals surface area contributed by atoms with Gasteiger partial charge in [0.25, 0.3) is 5.69 Å². The molecule has 1 aliphatic rings. The molecule has 3 atom stereocenters. The van der Waals surface area contributed by atoms with E-state index in [0.717, 1.165) is 0 Å². The minimum Gasteiger partial charge on any atom is -0.394 e. The topological polar surface area (TPSA) is 81.8 Å². The van der Waals surface area contributed by atoms with Crippen LogP contribution in [-0.4, -0.2) is 29.0 Å². The van der Waals surface area contributed by atoms with Crippen molar-refractivity contribution in [1.29, 1.82) is 0 Å². The fraction of sp³-hybridized carbons (Fsp3) is 0.455. The number of hydrogen-bond donors (Lipinski definition) is 1. The Kier molecular flexibility index (Phi) is 3.37.